The van der Waals surface area contributed by atoms with Crippen molar-refractivity contribution in [2.24, 2.45) is 0 Å². The number of hydrogen-bond acceptors (Lipinski definition) is 2. The molecule has 1 aliphatic rings. The molecular weight excluding hydrogens is 259 g/mol. The van der Waals surface area contributed by atoms with Crippen LogP contribution in [0.5, 0.6) is 0 Å². The molecule has 1 heterocycles. The van der Waals surface area contributed by atoms with Gasteiger partial charge in [0.1, 0.15) is 5.82 Å². The van der Waals surface area contributed by atoms with Crippen molar-refractivity contribution in [2.75, 3.05) is 11.9 Å². The number of carbonyl (C=O) groups excluding carboxylic acids is 1. The summed E-state index contributed by atoms with van der Waals surface area (Å²) in [4.78, 5) is 13.9. The van der Waals surface area contributed by atoms with Crippen LogP contribution >= 0.6 is 0 Å². The summed E-state index contributed by atoms with van der Waals surface area (Å²) in [5, 5.41) is 12.8. The van der Waals surface area contributed by atoms with E-state index in [2.05, 4.69) is 5.32 Å². The molecule has 1 aromatic rings. The Labute approximate surface area is 118 Å². The number of nitrogens with zero attached hydrogens (tertiary/aromatic N) is 1. The number of aryl methyl sites for hydroxylation is 1. The highest BCUT2D eigenvalue weighted by molar-refractivity contribution is 5.89. The first-order valence-electron chi connectivity index (χ1n) is 6.84. The minimum Gasteiger partial charge on any atom is -0.388 e. The number of halogens is 1. The molecule has 1 aliphatic heterocycles. The Balaban J connectivity index is 2.11. The fourth-order valence-electron chi connectivity index (χ4n) is 2.75. The number of benzene rings is 1. The van der Waals surface area contributed by atoms with Gasteiger partial charge in [-0.25, -0.2) is 9.18 Å². The van der Waals surface area contributed by atoms with E-state index >= 15 is 0 Å². The normalized spacial score (nSPS) is 19.2. The lowest BCUT2D eigenvalue weighted by Gasteiger charge is -2.33. The summed E-state index contributed by atoms with van der Waals surface area (Å²) >= 11 is 0. The summed E-state index contributed by atoms with van der Waals surface area (Å²) in [6, 6.07) is 3.92. The smallest absolute Gasteiger partial charge is 0.322 e. The van der Waals surface area contributed by atoms with Gasteiger partial charge in [0.25, 0.3) is 0 Å². The zero-order valence-corrected chi connectivity index (χ0v) is 12.1. The molecule has 1 atom stereocenters. The number of anilines is 1. The number of likely N-dealkylation sites (tertiary alicyclic amines) is 1. The molecule has 0 aliphatic carbocycles. The van der Waals surface area contributed by atoms with E-state index in [0.29, 0.717) is 12.2 Å². The molecule has 0 radical (unpaired) electrons. The minimum atomic E-state index is -0.939. The number of urea groups is 1. The van der Waals surface area contributed by atoms with Crippen LogP contribution in [0.2, 0.25) is 0 Å². The topological polar surface area (TPSA) is 52.6 Å². The maximum absolute atomic E-state index is 13.3. The molecule has 2 amide bonds. The van der Waals surface area contributed by atoms with Crippen LogP contribution in [0.15, 0.2) is 18.2 Å². The van der Waals surface area contributed by atoms with Gasteiger partial charge in [-0.1, -0.05) is 0 Å². The first-order chi connectivity index (χ1) is 9.27. The molecule has 0 bridgehead atoms. The third-order valence-electron chi connectivity index (χ3n) is 3.62. The maximum Gasteiger partial charge on any atom is 0.322 e. The van der Waals surface area contributed by atoms with Crippen LogP contribution in [-0.2, 0) is 0 Å². The first kappa shape index (κ1) is 14.8. The zero-order valence-electron chi connectivity index (χ0n) is 12.1. The summed E-state index contributed by atoms with van der Waals surface area (Å²) < 4.78 is 13.3. The number of carbonyl (C=O) groups is 1. The average Bonchev–Trinajstić information content (AvgIpc) is 2.75. The van der Waals surface area contributed by atoms with E-state index in [0.717, 1.165) is 18.4 Å². The van der Waals surface area contributed by atoms with Crippen LogP contribution in [0.4, 0.5) is 14.9 Å². The monoisotopic (exact) mass is 280 g/mol. The second-order valence-electron chi connectivity index (χ2n) is 5.95. The number of amides is 2. The summed E-state index contributed by atoms with van der Waals surface area (Å²) in [6.07, 6.45) is 1.64. The fourth-order valence-corrected chi connectivity index (χ4v) is 2.75. The van der Waals surface area contributed by atoms with Crippen LogP contribution in [0, 0.1) is 12.7 Å². The minimum absolute atomic E-state index is 0.211. The van der Waals surface area contributed by atoms with Gasteiger partial charge in [-0.2, -0.15) is 0 Å². The first-order valence-corrected chi connectivity index (χ1v) is 6.84. The Hall–Kier alpha value is -1.62. The molecule has 110 valence electrons. The van der Waals surface area contributed by atoms with E-state index in [-0.39, 0.29) is 17.9 Å². The van der Waals surface area contributed by atoms with E-state index in [1.54, 1.807) is 31.7 Å². The van der Waals surface area contributed by atoms with Crippen LogP contribution in [0.1, 0.15) is 32.3 Å². The number of aliphatic hydroxyl groups is 1. The van der Waals surface area contributed by atoms with Gasteiger partial charge in [0.05, 0.1) is 11.6 Å². The van der Waals surface area contributed by atoms with Crippen molar-refractivity contribution < 1.29 is 14.3 Å². The molecule has 2 N–H and O–H groups in total. The van der Waals surface area contributed by atoms with Gasteiger partial charge in [0.2, 0.25) is 0 Å². The highest BCUT2D eigenvalue weighted by Crippen LogP contribution is 2.27. The van der Waals surface area contributed by atoms with Crippen molar-refractivity contribution in [3.63, 3.8) is 0 Å². The quantitative estimate of drug-likeness (QED) is 0.875. The van der Waals surface area contributed by atoms with Crippen molar-refractivity contribution in [3.05, 3.63) is 29.6 Å². The molecule has 1 aromatic carbocycles. The van der Waals surface area contributed by atoms with Gasteiger partial charge >= 0.3 is 6.03 Å². The standard InChI is InChI=1S/C15H21FN2O2/c1-10-7-11(16)9-12(8-10)17-14(19)18-6-4-5-13(18)15(2,3)20/h7-9,13,20H,4-6H2,1-3H3,(H,17,19). The lowest BCUT2D eigenvalue weighted by Crippen LogP contribution is -2.49. The molecule has 20 heavy (non-hydrogen) atoms. The fraction of sp³-hybridized carbons (Fsp3) is 0.533. The Bertz CT molecular complexity index is 491. The lowest BCUT2D eigenvalue weighted by atomic mass is 9.97. The molecule has 0 spiro atoms. The van der Waals surface area contributed by atoms with Crippen LogP contribution in [0.25, 0.3) is 0 Å². The highest BCUT2D eigenvalue weighted by Gasteiger charge is 2.38. The molecule has 5 heteroatoms. The third-order valence-corrected chi connectivity index (χ3v) is 3.62. The van der Waals surface area contributed by atoms with Crippen molar-refractivity contribution >= 4 is 11.7 Å². The van der Waals surface area contributed by atoms with Crippen LogP contribution in [0.3, 0.4) is 0 Å². The third kappa shape index (κ3) is 3.28. The predicted molar refractivity (Wildman–Crippen MR) is 76.2 cm³/mol. The molecule has 1 unspecified atom stereocenters. The number of hydrogen-bond donors (Lipinski definition) is 2. The van der Waals surface area contributed by atoms with Gasteiger partial charge in [0, 0.05) is 12.2 Å². The Morgan fingerprint density at radius 1 is 1.45 bits per heavy atom. The molecule has 0 aromatic heterocycles. The largest absolute Gasteiger partial charge is 0.388 e. The Kier molecular flexibility index (Phi) is 3.99. The van der Waals surface area contributed by atoms with Crippen molar-refractivity contribution in [1.29, 1.82) is 0 Å². The second kappa shape index (κ2) is 5.40. The summed E-state index contributed by atoms with van der Waals surface area (Å²) in [5.74, 6) is -0.374. The van der Waals surface area contributed by atoms with Crippen molar-refractivity contribution in [2.45, 2.75) is 45.3 Å². The van der Waals surface area contributed by atoms with E-state index in [1.165, 1.54) is 12.1 Å². The number of nitrogens with one attached hydrogen (secondary N) is 1. The molecule has 1 fully saturated rings. The Morgan fingerprint density at radius 3 is 2.75 bits per heavy atom. The van der Waals surface area contributed by atoms with Gasteiger partial charge in [-0.05, 0) is 57.4 Å². The maximum atomic E-state index is 13.3. The predicted octanol–water partition coefficient (Wildman–Crippen LogP) is 2.90. The number of rotatable bonds is 2. The van der Waals surface area contributed by atoms with Gasteiger partial charge in [-0.3, -0.25) is 0 Å². The molecular formula is C15H21FN2O2. The summed E-state index contributed by atoms with van der Waals surface area (Å²) in [5.41, 5.74) is 0.251. The van der Waals surface area contributed by atoms with E-state index in [1.807, 2.05) is 0 Å². The lowest BCUT2D eigenvalue weighted by molar-refractivity contribution is 0.0117. The molecule has 1 saturated heterocycles. The molecule has 0 saturated carbocycles. The van der Waals surface area contributed by atoms with Crippen molar-refractivity contribution in [3.8, 4) is 0 Å². The van der Waals surface area contributed by atoms with E-state index in [4.69, 9.17) is 0 Å². The average molecular weight is 280 g/mol. The SMILES string of the molecule is Cc1cc(F)cc(NC(=O)N2CCCC2C(C)(C)O)c1. The zero-order chi connectivity index (χ0) is 14.9. The van der Waals surface area contributed by atoms with Crippen LogP contribution in [-0.4, -0.2) is 34.2 Å². The highest BCUT2D eigenvalue weighted by atomic mass is 19.1. The van der Waals surface area contributed by atoms with Gasteiger partial charge in [-0.15, -0.1) is 0 Å². The van der Waals surface area contributed by atoms with E-state index in [9.17, 15) is 14.3 Å². The van der Waals surface area contributed by atoms with Crippen LogP contribution < -0.4 is 5.32 Å². The van der Waals surface area contributed by atoms with Gasteiger partial charge in [0.15, 0.2) is 0 Å². The summed E-state index contributed by atoms with van der Waals surface area (Å²) in [7, 11) is 0. The summed E-state index contributed by atoms with van der Waals surface area (Å²) in [6.45, 7) is 5.79. The van der Waals surface area contributed by atoms with E-state index < -0.39 is 5.60 Å². The molecule has 2 rings (SSSR count). The Morgan fingerprint density at radius 2 is 2.15 bits per heavy atom. The second-order valence-corrected chi connectivity index (χ2v) is 5.95. The van der Waals surface area contributed by atoms with Gasteiger partial charge < -0.3 is 15.3 Å². The van der Waals surface area contributed by atoms with Crippen molar-refractivity contribution in [1.82, 2.24) is 4.90 Å². The molecule has 4 nitrogen and oxygen atoms in total.